The molecular weight excluding hydrogens is 214 g/mol. The van der Waals surface area contributed by atoms with Gasteiger partial charge in [-0.25, -0.2) is 0 Å². The Kier molecular flexibility index (Phi) is 4.40. The van der Waals surface area contributed by atoms with Gasteiger partial charge in [-0.1, -0.05) is 18.2 Å². The van der Waals surface area contributed by atoms with Crippen molar-refractivity contribution in [3.63, 3.8) is 0 Å². The Bertz CT molecular complexity index is 346. The van der Waals surface area contributed by atoms with Gasteiger partial charge in [0.15, 0.2) is 0 Å². The van der Waals surface area contributed by atoms with Crippen LogP contribution in [0.2, 0.25) is 0 Å². The van der Waals surface area contributed by atoms with Gasteiger partial charge < -0.3 is 15.6 Å². The number of para-hydroxylation sites is 1. The molecule has 0 aromatic heterocycles. The van der Waals surface area contributed by atoms with E-state index < -0.39 is 0 Å². The van der Waals surface area contributed by atoms with Crippen molar-refractivity contribution in [3.05, 3.63) is 29.8 Å². The fraction of sp³-hybridized carbons (Fsp3) is 0.571. The van der Waals surface area contributed by atoms with Gasteiger partial charge >= 0.3 is 0 Å². The topological polar surface area (TPSA) is 55.5 Å². The predicted octanol–water partition coefficient (Wildman–Crippen LogP) is 1.87. The molecule has 0 unspecified atom stereocenters. The normalized spacial score (nSPS) is 24.6. The van der Waals surface area contributed by atoms with Crippen LogP contribution >= 0.6 is 0 Å². The third-order valence-electron chi connectivity index (χ3n) is 3.37. The number of rotatable bonds is 4. The molecule has 3 heteroatoms. The summed E-state index contributed by atoms with van der Waals surface area (Å²) in [6.45, 7) is 0.163. The molecule has 1 saturated carbocycles. The minimum Gasteiger partial charge on any atom is -0.490 e. The van der Waals surface area contributed by atoms with Crippen LogP contribution in [0.4, 0.5) is 0 Å². The molecule has 94 valence electrons. The molecule has 3 nitrogen and oxygen atoms in total. The van der Waals surface area contributed by atoms with Gasteiger partial charge in [-0.05, 0) is 43.7 Å². The van der Waals surface area contributed by atoms with Gasteiger partial charge in [0.1, 0.15) is 5.75 Å². The van der Waals surface area contributed by atoms with Crippen LogP contribution in [0, 0.1) is 0 Å². The molecule has 1 aromatic carbocycles. The highest BCUT2D eigenvalue weighted by Gasteiger charge is 2.20. The zero-order valence-corrected chi connectivity index (χ0v) is 10.1. The van der Waals surface area contributed by atoms with Crippen LogP contribution in [-0.2, 0) is 6.42 Å². The summed E-state index contributed by atoms with van der Waals surface area (Å²) in [5.74, 6) is 0.919. The summed E-state index contributed by atoms with van der Waals surface area (Å²) in [6.07, 6.45) is 5.11. The van der Waals surface area contributed by atoms with Crippen LogP contribution in [0.15, 0.2) is 24.3 Å². The molecule has 0 heterocycles. The van der Waals surface area contributed by atoms with Gasteiger partial charge in [-0.15, -0.1) is 0 Å². The average molecular weight is 235 g/mol. The number of aliphatic hydroxyl groups excluding tert-OH is 1. The third kappa shape index (κ3) is 3.45. The Balaban J connectivity index is 1.98. The molecule has 1 aromatic rings. The standard InChI is InChI=1S/C14H21NO2/c15-12-5-7-13(8-6-12)17-14-4-2-1-3-11(14)9-10-16/h1-4,12-13,16H,5-10,15H2. The minimum atomic E-state index is 0.163. The quantitative estimate of drug-likeness (QED) is 0.837. The molecule has 2 rings (SSSR count). The van der Waals surface area contributed by atoms with Crippen molar-refractivity contribution in [3.8, 4) is 5.75 Å². The van der Waals surface area contributed by atoms with E-state index in [2.05, 4.69) is 0 Å². The molecule has 0 radical (unpaired) electrons. The highest BCUT2D eigenvalue weighted by molar-refractivity contribution is 5.33. The molecule has 0 atom stereocenters. The Morgan fingerprint density at radius 2 is 1.88 bits per heavy atom. The third-order valence-corrected chi connectivity index (χ3v) is 3.37. The smallest absolute Gasteiger partial charge is 0.122 e. The summed E-state index contributed by atoms with van der Waals surface area (Å²) in [7, 11) is 0. The Morgan fingerprint density at radius 1 is 1.18 bits per heavy atom. The van der Waals surface area contributed by atoms with Crippen LogP contribution < -0.4 is 10.5 Å². The Hall–Kier alpha value is -1.06. The lowest BCUT2D eigenvalue weighted by Gasteiger charge is -2.27. The largest absolute Gasteiger partial charge is 0.490 e. The second-order valence-corrected chi connectivity index (χ2v) is 4.74. The molecular formula is C14H21NO2. The summed E-state index contributed by atoms with van der Waals surface area (Å²) >= 11 is 0. The van der Waals surface area contributed by atoms with Crippen LogP contribution in [-0.4, -0.2) is 23.9 Å². The van der Waals surface area contributed by atoms with E-state index >= 15 is 0 Å². The fourth-order valence-corrected chi connectivity index (χ4v) is 2.33. The number of aliphatic hydroxyl groups is 1. The Labute approximate surface area is 103 Å². The van der Waals surface area contributed by atoms with Crippen molar-refractivity contribution >= 4 is 0 Å². The van der Waals surface area contributed by atoms with Crippen LogP contribution in [0.3, 0.4) is 0 Å². The first-order valence-corrected chi connectivity index (χ1v) is 6.40. The van der Waals surface area contributed by atoms with Crippen molar-refractivity contribution in [2.75, 3.05) is 6.61 Å². The second-order valence-electron chi connectivity index (χ2n) is 4.74. The van der Waals surface area contributed by atoms with Gasteiger partial charge in [-0.3, -0.25) is 0 Å². The van der Waals surface area contributed by atoms with Gasteiger partial charge in [0, 0.05) is 12.6 Å². The first kappa shape index (κ1) is 12.4. The first-order valence-electron chi connectivity index (χ1n) is 6.40. The zero-order valence-electron chi connectivity index (χ0n) is 10.1. The number of hydrogen-bond donors (Lipinski definition) is 2. The van der Waals surface area contributed by atoms with Crippen LogP contribution in [0.5, 0.6) is 5.75 Å². The van der Waals surface area contributed by atoms with E-state index in [4.69, 9.17) is 15.6 Å². The number of hydrogen-bond acceptors (Lipinski definition) is 3. The first-order chi connectivity index (χ1) is 8.29. The fourth-order valence-electron chi connectivity index (χ4n) is 2.33. The molecule has 1 fully saturated rings. The molecule has 0 bridgehead atoms. The zero-order chi connectivity index (χ0) is 12.1. The maximum absolute atomic E-state index is 9.01. The monoisotopic (exact) mass is 235 g/mol. The maximum Gasteiger partial charge on any atom is 0.122 e. The molecule has 0 spiro atoms. The van der Waals surface area contributed by atoms with E-state index in [1.165, 1.54) is 0 Å². The second kappa shape index (κ2) is 6.03. The summed E-state index contributed by atoms with van der Waals surface area (Å²) in [4.78, 5) is 0. The van der Waals surface area contributed by atoms with Crippen LogP contribution in [0.1, 0.15) is 31.2 Å². The highest BCUT2D eigenvalue weighted by atomic mass is 16.5. The van der Waals surface area contributed by atoms with E-state index in [-0.39, 0.29) is 12.7 Å². The molecule has 0 amide bonds. The molecule has 17 heavy (non-hydrogen) atoms. The lowest BCUT2D eigenvalue weighted by molar-refractivity contribution is 0.145. The molecule has 1 aliphatic rings. The number of nitrogens with two attached hydrogens (primary N) is 1. The summed E-state index contributed by atoms with van der Waals surface area (Å²) < 4.78 is 6.02. The van der Waals surface area contributed by atoms with E-state index in [0.717, 1.165) is 37.0 Å². The van der Waals surface area contributed by atoms with Crippen LogP contribution in [0.25, 0.3) is 0 Å². The molecule has 0 aliphatic heterocycles. The summed E-state index contributed by atoms with van der Waals surface area (Å²) in [5, 5.41) is 9.01. The van der Waals surface area contributed by atoms with E-state index in [1.807, 2.05) is 24.3 Å². The number of benzene rings is 1. The lowest BCUT2D eigenvalue weighted by atomic mass is 9.93. The molecule has 3 N–H and O–H groups in total. The van der Waals surface area contributed by atoms with Crippen molar-refractivity contribution in [1.29, 1.82) is 0 Å². The summed E-state index contributed by atoms with van der Waals surface area (Å²) in [6, 6.07) is 8.31. The number of ether oxygens (including phenoxy) is 1. The lowest BCUT2D eigenvalue weighted by Crippen LogP contribution is -2.31. The van der Waals surface area contributed by atoms with Gasteiger partial charge in [0.05, 0.1) is 6.10 Å². The molecule has 0 saturated heterocycles. The van der Waals surface area contributed by atoms with Crippen molar-refractivity contribution < 1.29 is 9.84 Å². The minimum absolute atomic E-state index is 0.163. The van der Waals surface area contributed by atoms with Gasteiger partial charge in [0.25, 0.3) is 0 Å². The Morgan fingerprint density at radius 3 is 2.59 bits per heavy atom. The van der Waals surface area contributed by atoms with Gasteiger partial charge in [-0.2, -0.15) is 0 Å². The predicted molar refractivity (Wildman–Crippen MR) is 68.1 cm³/mol. The maximum atomic E-state index is 9.01. The van der Waals surface area contributed by atoms with E-state index in [9.17, 15) is 0 Å². The van der Waals surface area contributed by atoms with Crippen molar-refractivity contribution in [1.82, 2.24) is 0 Å². The molecule has 1 aliphatic carbocycles. The summed E-state index contributed by atoms with van der Waals surface area (Å²) in [5.41, 5.74) is 6.97. The van der Waals surface area contributed by atoms with Crippen molar-refractivity contribution in [2.24, 2.45) is 5.73 Å². The SMILES string of the molecule is NC1CCC(Oc2ccccc2CCO)CC1. The highest BCUT2D eigenvalue weighted by Crippen LogP contribution is 2.25. The van der Waals surface area contributed by atoms with Gasteiger partial charge in [0.2, 0.25) is 0 Å². The average Bonchev–Trinajstić information content (AvgIpc) is 2.35. The van der Waals surface area contributed by atoms with E-state index in [0.29, 0.717) is 12.5 Å². The van der Waals surface area contributed by atoms with Crippen molar-refractivity contribution in [2.45, 2.75) is 44.2 Å². The van der Waals surface area contributed by atoms with E-state index in [1.54, 1.807) is 0 Å².